The first kappa shape index (κ1) is 25.6. The van der Waals surface area contributed by atoms with Crippen molar-refractivity contribution in [3.05, 3.63) is 24.3 Å². The van der Waals surface area contributed by atoms with E-state index < -0.39 is 12.7 Å². The SMILES string of the molecule is CN=C(NCCCN(C)CC(F)(F)F)N1CCN(c2ccc(OC)cc2)CC1.I. The van der Waals surface area contributed by atoms with Crippen LogP contribution in [0, 0.1) is 0 Å². The highest BCUT2D eigenvalue weighted by molar-refractivity contribution is 14.0. The highest BCUT2D eigenvalue weighted by Gasteiger charge is 2.28. The van der Waals surface area contributed by atoms with Crippen LogP contribution < -0.4 is 15.0 Å². The van der Waals surface area contributed by atoms with E-state index in [9.17, 15) is 13.2 Å². The molecule has 0 bridgehead atoms. The van der Waals surface area contributed by atoms with Gasteiger partial charge in [0.15, 0.2) is 5.96 Å². The van der Waals surface area contributed by atoms with Gasteiger partial charge in [-0.15, -0.1) is 24.0 Å². The third kappa shape index (κ3) is 8.85. The minimum atomic E-state index is -4.15. The Bertz CT molecular complexity index is 619. The van der Waals surface area contributed by atoms with Crippen molar-refractivity contribution < 1.29 is 17.9 Å². The molecule has 0 unspecified atom stereocenters. The topological polar surface area (TPSA) is 43.3 Å². The van der Waals surface area contributed by atoms with Crippen molar-refractivity contribution in [1.82, 2.24) is 15.1 Å². The number of rotatable bonds is 7. The monoisotopic (exact) mass is 529 g/mol. The molecule has 1 aromatic rings. The Balaban J connectivity index is 0.00000420. The molecule has 1 aliphatic heterocycles. The number of halogens is 4. The molecule has 1 heterocycles. The number of anilines is 1. The molecular weight excluding hydrogens is 498 g/mol. The normalized spacial score (nSPS) is 15.3. The van der Waals surface area contributed by atoms with E-state index >= 15 is 0 Å². The van der Waals surface area contributed by atoms with Gasteiger partial charge in [-0.1, -0.05) is 0 Å². The number of hydrogen-bond acceptors (Lipinski definition) is 4. The molecule has 1 fully saturated rings. The van der Waals surface area contributed by atoms with Crippen LogP contribution in [0.15, 0.2) is 29.3 Å². The van der Waals surface area contributed by atoms with Crippen molar-refractivity contribution in [3.63, 3.8) is 0 Å². The largest absolute Gasteiger partial charge is 0.497 e. The molecule has 2 rings (SSSR count). The van der Waals surface area contributed by atoms with Gasteiger partial charge in [-0.3, -0.25) is 9.89 Å². The molecular formula is C19H31F3IN5O. The second-order valence-electron chi connectivity index (χ2n) is 6.85. The molecule has 10 heteroatoms. The van der Waals surface area contributed by atoms with E-state index in [1.807, 2.05) is 12.1 Å². The number of piperazine rings is 1. The van der Waals surface area contributed by atoms with Crippen LogP contribution in [0.5, 0.6) is 5.75 Å². The Labute approximate surface area is 188 Å². The smallest absolute Gasteiger partial charge is 0.401 e. The Morgan fingerprint density at radius 2 is 1.79 bits per heavy atom. The molecule has 0 aromatic heterocycles. The lowest BCUT2D eigenvalue weighted by Crippen LogP contribution is -2.52. The Morgan fingerprint density at radius 1 is 1.17 bits per heavy atom. The van der Waals surface area contributed by atoms with Crippen molar-refractivity contribution >= 4 is 35.6 Å². The van der Waals surface area contributed by atoms with Gasteiger partial charge in [0, 0.05) is 45.5 Å². The van der Waals surface area contributed by atoms with Crippen LogP contribution in [0.4, 0.5) is 18.9 Å². The lowest BCUT2D eigenvalue weighted by atomic mass is 10.2. The van der Waals surface area contributed by atoms with Crippen LogP contribution in [0.1, 0.15) is 6.42 Å². The van der Waals surface area contributed by atoms with Gasteiger partial charge in [0.25, 0.3) is 0 Å². The fourth-order valence-corrected chi connectivity index (χ4v) is 3.24. The Morgan fingerprint density at radius 3 is 2.31 bits per heavy atom. The van der Waals surface area contributed by atoms with E-state index in [-0.39, 0.29) is 24.0 Å². The van der Waals surface area contributed by atoms with Crippen LogP contribution in [-0.4, -0.2) is 89.0 Å². The van der Waals surface area contributed by atoms with Crippen LogP contribution in [-0.2, 0) is 0 Å². The number of nitrogens with one attached hydrogen (secondary N) is 1. The predicted molar refractivity (Wildman–Crippen MR) is 122 cm³/mol. The molecule has 6 nitrogen and oxygen atoms in total. The van der Waals surface area contributed by atoms with Crippen molar-refractivity contribution in [2.24, 2.45) is 4.99 Å². The van der Waals surface area contributed by atoms with Gasteiger partial charge in [-0.2, -0.15) is 13.2 Å². The quantitative estimate of drug-likeness (QED) is 0.255. The van der Waals surface area contributed by atoms with Crippen LogP contribution >= 0.6 is 24.0 Å². The Hall–Kier alpha value is -1.43. The van der Waals surface area contributed by atoms with Gasteiger partial charge in [-0.25, -0.2) is 0 Å². The maximum atomic E-state index is 12.3. The van der Waals surface area contributed by atoms with Gasteiger partial charge in [0.1, 0.15) is 5.75 Å². The summed E-state index contributed by atoms with van der Waals surface area (Å²) in [5.74, 6) is 1.64. The standard InChI is InChI=1S/C19H30F3N5O.HI/c1-23-18(24-9-4-10-25(2)15-19(20,21)22)27-13-11-26(12-14-27)16-5-7-17(28-3)8-6-16;/h5-8H,4,9-15H2,1-3H3,(H,23,24);1H. The minimum Gasteiger partial charge on any atom is -0.497 e. The highest BCUT2D eigenvalue weighted by atomic mass is 127. The van der Waals surface area contributed by atoms with Gasteiger partial charge in [0.2, 0.25) is 0 Å². The summed E-state index contributed by atoms with van der Waals surface area (Å²) in [6.07, 6.45) is -3.53. The lowest BCUT2D eigenvalue weighted by Gasteiger charge is -2.37. The number of hydrogen-bond donors (Lipinski definition) is 1. The second kappa shape index (κ2) is 12.3. The van der Waals surface area contributed by atoms with Gasteiger partial charge in [0.05, 0.1) is 13.7 Å². The van der Waals surface area contributed by atoms with Gasteiger partial charge in [-0.05, 0) is 44.3 Å². The van der Waals surface area contributed by atoms with Crippen LogP contribution in [0.25, 0.3) is 0 Å². The Kier molecular flexibility index (Phi) is 10.9. The van der Waals surface area contributed by atoms with Crippen molar-refractivity contribution in [2.75, 3.05) is 71.9 Å². The third-order valence-electron chi connectivity index (χ3n) is 4.68. The summed E-state index contributed by atoms with van der Waals surface area (Å²) in [6, 6.07) is 8.02. The summed E-state index contributed by atoms with van der Waals surface area (Å²) in [6.45, 7) is 3.51. The molecule has 1 saturated heterocycles. The van der Waals surface area contributed by atoms with Crippen LogP contribution in [0.3, 0.4) is 0 Å². The maximum absolute atomic E-state index is 12.3. The molecule has 1 N–H and O–H groups in total. The van der Waals surface area contributed by atoms with Crippen molar-refractivity contribution in [1.29, 1.82) is 0 Å². The highest BCUT2D eigenvalue weighted by Crippen LogP contribution is 2.20. The van der Waals surface area contributed by atoms with Gasteiger partial charge >= 0.3 is 6.18 Å². The van der Waals surface area contributed by atoms with E-state index in [0.29, 0.717) is 19.5 Å². The number of methoxy groups -OCH3 is 1. The molecule has 0 aliphatic carbocycles. The summed E-state index contributed by atoms with van der Waals surface area (Å²) < 4.78 is 42.2. The molecule has 1 aromatic carbocycles. The number of guanidine groups is 1. The van der Waals surface area contributed by atoms with E-state index in [2.05, 4.69) is 32.2 Å². The zero-order valence-electron chi connectivity index (χ0n) is 17.2. The molecule has 0 atom stereocenters. The minimum absolute atomic E-state index is 0. The zero-order chi connectivity index (χ0) is 20.6. The van der Waals surface area contributed by atoms with Gasteiger partial charge < -0.3 is 19.9 Å². The van der Waals surface area contributed by atoms with Crippen molar-refractivity contribution in [3.8, 4) is 5.75 Å². The first-order valence-electron chi connectivity index (χ1n) is 9.42. The molecule has 29 heavy (non-hydrogen) atoms. The summed E-state index contributed by atoms with van der Waals surface area (Å²) >= 11 is 0. The number of alkyl halides is 3. The average molecular weight is 529 g/mol. The second-order valence-corrected chi connectivity index (χ2v) is 6.85. The van der Waals surface area contributed by atoms with Crippen molar-refractivity contribution in [2.45, 2.75) is 12.6 Å². The number of ether oxygens (including phenoxy) is 1. The fraction of sp³-hybridized carbons (Fsp3) is 0.632. The van der Waals surface area contributed by atoms with E-state index in [1.54, 1.807) is 14.2 Å². The maximum Gasteiger partial charge on any atom is 0.401 e. The molecule has 0 radical (unpaired) electrons. The summed E-state index contributed by atoms with van der Waals surface area (Å²) in [5.41, 5.74) is 1.16. The summed E-state index contributed by atoms with van der Waals surface area (Å²) in [4.78, 5) is 10.1. The summed E-state index contributed by atoms with van der Waals surface area (Å²) in [5, 5.41) is 3.26. The third-order valence-corrected chi connectivity index (χ3v) is 4.68. The van der Waals surface area contributed by atoms with E-state index in [1.165, 1.54) is 11.9 Å². The average Bonchev–Trinajstić information content (AvgIpc) is 2.67. The number of nitrogens with zero attached hydrogens (tertiary/aromatic N) is 4. The number of aliphatic imine (C=N–C) groups is 1. The van der Waals surface area contributed by atoms with E-state index in [0.717, 1.165) is 43.6 Å². The fourth-order valence-electron chi connectivity index (χ4n) is 3.24. The zero-order valence-corrected chi connectivity index (χ0v) is 19.5. The molecule has 1 aliphatic rings. The molecule has 0 saturated carbocycles. The molecule has 166 valence electrons. The van der Waals surface area contributed by atoms with Crippen LogP contribution in [0.2, 0.25) is 0 Å². The first-order chi connectivity index (χ1) is 13.3. The predicted octanol–water partition coefficient (Wildman–Crippen LogP) is 2.89. The summed E-state index contributed by atoms with van der Waals surface area (Å²) in [7, 11) is 4.87. The first-order valence-corrected chi connectivity index (χ1v) is 9.42. The number of benzene rings is 1. The molecule has 0 amide bonds. The lowest BCUT2D eigenvalue weighted by molar-refractivity contribution is -0.143. The van der Waals surface area contributed by atoms with E-state index in [4.69, 9.17) is 4.74 Å². The molecule has 0 spiro atoms.